The summed E-state index contributed by atoms with van der Waals surface area (Å²) in [6.07, 6.45) is 0.526. The van der Waals surface area contributed by atoms with Gasteiger partial charge in [0.25, 0.3) is 0 Å². The number of hydrogen-bond donors (Lipinski definition) is 0. The maximum absolute atomic E-state index is 12.9. The second-order valence-corrected chi connectivity index (χ2v) is 7.66. The van der Waals surface area contributed by atoms with Crippen LogP contribution in [-0.2, 0) is 29.5 Å². The van der Waals surface area contributed by atoms with Crippen LogP contribution in [0.2, 0.25) is 0 Å². The highest BCUT2D eigenvalue weighted by atomic mass is 16.5. The Morgan fingerprint density at radius 1 is 0.839 bits per heavy atom. The van der Waals surface area contributed by atoms with E-state index < -0.39 is 11.9 Å². The molecule has 31 heavy (non-hydrogen) atoms. The number of methoxy groups -OCH3 is 2. The summed E-state index contributed by atoms with van der Waals surface area (Å²) < 4.78 is 14.5. The third-order valence-corrected chi connectivity index (χ3v) is 6.19. The zero-order valence-electron chi connectivity index (χ0n) is 17.6. The molecule has 6 nitrogen and oxygen atoms in total. The predicted octanol–water partition coefficient (Wildman–Crippen LogP) is 4.17. The van der Waals surface area contributed by atoms with Crippen molar-refractivity contribution in [2.45, 2.75) is 13.0 Å². The number of aryl methyl sites for hydroxylation is 1. The molecule has 0 aliphatic carbocycles. The molecule has 4 aromatic rings. The normalized spacial score (nSPS) is 12.4. The van der Waals surface area contributed by atoms with Gasteiger partial charge < -0.3 is 18.6 Å². The lowest BCUT2D eigenvalue weighted by Crippen LogP contribution is -2.18. The molecule has 0 unspecified atom stereocenters. The van der Waals surface area contributed by atoms with Crippen LogP contribution in [-0.4, -0.2) is 35.3 Å². The van der Waals surface area contributed by atoms with Crippen LogP contribution in [0.3, 0.4) is 0 Å². The SMILES string of the molecule is COC(=O)c1c(C(=O)OC)c(-c2ccccc2)n2c1Cc1c(n(C)c3ccccc13)C2. The fraction of sp³-hybridized carbons (Fsp3) is 0.200. The fourth-order valence-corrected chi connectivity index (χ4v) is 4.79. The standard InChI is InChI=1S/C25H22N2O4/c1-26-18-12-8-7-11-16(18)17-13-19-21(24(28)30-2)22(25(29)31-3)23(27(19)14-20(17)26)15-9-5-4-6-10-15/h4-12H,13-14H2,1-3H3. The molecule has 0 amide bonds. The summed E-state index contributed by atoms with van der Waals surface area (Å²) in [5.41, 5.74) is 6.32. The number of fused-ring (bicyclic) bond motifs is 4. The van der Waals surface area contributed by atoms with Gasteiger partial charge in [-0.05, 0) is 17.2 Å². The molecule has 2 aromatic carbocycles. The summed E-state index contributed by atoms with van der Waals surface area (Å²) in [6, 6.07) is 17.9. The van der Waals surface area contributed by atoms with E-state index in [1.165, 1.54) is 19.8 Å². The third kappa shape index (κ3) is 2.71. The van der Waals surface area contributed by atoms with Gasteiger partial charge in [-0.1, -0.05) is 48.5 Å². The smallest absolute Gasteiger partial charge is 0.340 e. The van der Waals surface area contributed by atoms with E-state index in [1.54, 1.807) is 0 Å². The Morgan fingerprint density at radius 3 is 2.19 bits per heavy atom. The van der Waals surface area contributed by atoms with Gasteiger partial charge in [-0.25, -0.2) is 9.59 Å². The van der Waals surface area contributed by atoms with Crippen molar-refractivity contribution < 1.29 is 19.1 Å². The van der Waals surface area contributed by atoms with Gasteiger partial charge in [-0.15, -0.1) is 0 Å². The maximum Gasteiger partial charge on any atom is 0.340 e. The Labute approximate surface area is 179 Å². The first-order chi connectivity index (χ1) is 15.1. The highest BCUT2D eigenvalue weighted by Crippen LogP contribution is 2.40. The molecule has 3 heterocycles. The van der Waals surface area contributed by atoms with Crippen molar-refractivity contribution in [3.63, 3.8) is 0 Å². The van der Waals surface area contributed by atoms with Crippen LogP contribution in [0.25, 0.3) is 22.2 Å². The monoisotopic (exact) mass is 414 g/mol. The van der Waals surface area contributed by atoms with E-state index in [-0.39, 0.29) is 11.1 Å². The van der Waals surface area contributed by atoms with Crippen LogP contribution >= 0.6 is 0 Å². The Kier molecular flexibility index (Phi) is 4.43. The topological polar surface area (TPSA) is 62.5 Å². The van der Waals surface area contributed by atoms with Crippen LogP contribution in [0.1, 0.15) is 37.7 Å². The van der Waals surface area contributed by atoms with Gasteiger partial charge in [0.05, 0.1) is 32.0 Å². The van der Waals surface area contributed by atoms with Crippen LogP contribution in [0, 0.1) is 0 Å². The van der Waals surface area contributed by atoms with Crippen molar-refractivity contribution in [1.29, 1.82) is 0 Å². The Balaban J connectivity index is 1.85. The molecule has 2 aromatic heterocycles. The van der Waals surface area contributed by atoms with Gasteiger partial charge in [0.15, 0.2) is 0 Å². The minimum Gasteiger partial charge on any atom is -0.465 e. The molecule has 0 N–H and O–H groups in total. The molecule has 0 spiro atoms. The molecule has 0 radical (unpaired) electrons. The number of rotatable bonds is 3. The van der Waals surface area contributed by atoms with E-state index in [0.29, 0.717) is 18.7 Å². The van der Waals surface area contributed by atoms with Crippen LogP contribution in [0.5, 0.6) is 0 Å². The number of hydrogen-bond acceptors (Lipinski definition) is 4. The highest BCUT2D eigenvalue weighted by molar-refractivity contribution is 6.09. The minimum absolute atomic E-state index is 0.257. The molecule has 6 heteroatoms. The number of benzene rings is 2. The maximum atomic E-state index is 12.9. The molecule has 1 aliphatic rings. The van der Waals surface area contributed by atoms with Crippen LogP contribution in [0.15, 0.2) is 54.6 Å². The van der Waals surface area contributed by atoms with E-state index in [0.717, 1.165) is 27.9 Å². The Hall–Kier alpha value is -3.80. The molecule has 0 fully saturated rings. The molecular weight excluding hydrogens is 392 g/mol. The summed E-state index contributed by atoms with van der Waals surface area (Å²) in [6.45, 7) is 0.543. The minimum atomic E-state index is -0.546. The molecule has 0 saturated heterocycles. The van der Waals surface area contributed by atoms with Gasteiger partial charge in [0.1, 0.15) is 5.56 Å². The molecule has 1 aliphatic heterocycles. The average Bonchev–Trinajstić information content (AvgIpc) is 3.30. The fourth-order valence-electron chi connectivity index (χ4n) is 4.79. The Morgan fingerprint density at radius 2 is 1.48 bits per heavy atom. The molecule has 5 rings (SSSR count). The zero-order chi connectivity index (χ0) is 21.7. The van der Waals surface area contributed by atoms with Crippen molar-refractivity contribution >= 4 is 22.8 Å². The molecule has 0 bridgehead atoms. The molecule has 0 atom stereocenters. The van der Waals surface area contributed by atoms with E-state index in [2.05, 4.69) is 28.3 Å². The lowest BCUT2D eigenvalue weighted by atomic mass is 9.99. The van der Waals surface area contributed by atoms with E-state index in [4.69, 9.17) is 9.47 Å². The lowest BCUT2D eigenvalue weighted by molar-refractivity contribution is 0.0556. The first kappa shape index (κ1) is 19.2. The summed E-state index contributed by atoms with van der Waals surface area (Å²) in [7, 11) is 4.72. The predicted molar refractivity (Wildman–Crippen MR) is 117 cm³/mol. The first-order valence-electron chi connectivity index (χ1n) is 10.1. The number of nitrogens with zero attached hydrogens (tertiary/aromatic N) is 2. The van der Waals surface area contributed by atoms with Crippen molar-refractivity contribution in [3.8, 4) is 11.3 Å². The molecular formula is C25H22N2O4. The Bertz CT molecular complexity index is 1350. The summed E-state index contributed by atoms with van der Waals surface area (Å²) >= 11 is 0. The third-order valence-electron chi connectivity index (χ3n) is 6.19. The van der Waals surface area contributed by atoms with Crippen LogP contribution < -0.4 is 0 Å². The highest BCUT2D eigenvalue weighted by Gasteiger charge is 2.36. The average molecular weight is 414 g/mol. The van der Waals surface area contributed by atoms with E-state index in [1.807, 2.05) is 42.5 Å². The largest absolute Gasteiger partial charge is 0.465 e. The van der Waals surface area contributed by atoms with Crippen molar-refractivity contribution in [3.05, 3.63) is 82.7 Å². The van der Waals surface area contributed by atoms with Gasteiger partial charge in [-0.2, -0.15) is 0 Å². The van der Waals surface area contributed by atoms with E-state index in [9.17, 15) is 9.59 Å². The van der Waals surface area contributed by atoms with Gasteiger partial charge >= 0.3 is 11.9 Å². The summed E-state index contributed by atoms with van der Waals surface area (Å²) in [5, 5.41) is 1.16. The number of aromatic nitrogens is 2. The summed E-state index contributed by atoms with van der Waals surface area (Å²) in [4.78, 5) is 25.8. The number of ether oxygens (including phenoxy) is 2. The number of carbonyl (C=O) groups is 2. The number of carbonyl (C=O) groups excluding carboxylic acids is 2. The molecule has 0 saturated carbocycles. The van der Waals surface area contributed by atoms with Gasteiger partial charge in [0, 0.05) is 35.8 Å². The van der Waals surface area contributed by atoms with Crippen molar-refractivity contribution in [1.82, 2.24) is 9.13 Å². The van der Waals surface area contributed by atoms with Gasteiger partial charge in [0.2, 0.25) is 0 Å². The lowest BCUT2D eigenvalue weighted by Gasteiger charge is -2.21. The zero-order valence-corrected chi connectivity index (χ0v) is 17.6. The number of esters is 2. The first-order valence-corrected chi connectivity index (χ1v) is 10.1. The quantitative estimate of drug-likeness (QED) is 0.416. The number of para-hydroxylation sites is 1. The van der Waals surface area contributed by atoms with E-state index >= 15 is 0 Å². The van der Waals surface area contributed by atoms with Crippen molar-refractivity contribution in [2.75, 3.05) is 14.2 Å². The van der Waals surface area contributed by atoms with Gasteiger partial charge in [-0.3, -0.25) is 0 Å². The van der Waals surface area contributed by atoms with Crippen molar-refractivity contribution in [2.24, 2.45) is 7.05 Å². The summed E-state index contributed by atoms with van der Waals surface area (Å²) in [5.74, 6) is -1.08. The second kappa shape index (κ2) is 7.16. The van der Waals surface area contributed by atoms with Crippen LogP contribution in [0.4, 0.5) is 0 Å². The molecule has 156 valence electrons. The second-order valence-electron chi connectivity index (χ2n) is 7.66.